The smallest absolute Gasteiger partial charge is 0.282 e. The summed E-state index contributed by atoms with van der Waals surface area (Å²) in [5.74, 6) is 0. The highest BCUT2D eigenvalue weighted by atomic mass is 16.5. The number of hydrogen-bond acceptors (Lipinski definition) is 4. The fraction of sp³-hybridized carbons (Fsp3) is 0.208. The summed E-state index contributed by atoms with van der Waals surface area (Å²) >= 11 is 0. The van der Waals surface area contributed by atoms with Crippen molar-refractivity contribution in [1.82, 2.24) is 0 Å². The van der Waals surface area contributed by atoms with E-state index in [1.807, 2.05) is 0 Å². The molecule has 0 radical (unpaired) electrons. The Hall–Kier alpha value is -3.27. The van der Waals surface area contributed by atoms with Crippen molar-refractivity contribution < 1.29 is 4.74 Å². The zero-order chi connectivity index (χ0) is 18.9. The van der Waals surface area contributed by atoms with Gasteiger partial charge in [-0.2, -0.15) is 0 Å². The third-order valence-electron chi connectivity index (χ3n) is 5.39. The molecule has 4 nitrogen and oxygen atoms in total. The minimum atomic E-state index is 0.184. The summed E-state index contributed by atoms with van der Waals surface area (Å²) in [6.07, 6.45) is 5.31. The Morgan fingerprint density at radius 2 is 1.82 bits per heavy atom. The van der Waals surface area contributed by atoms with Crippen LogP contribution in [0.2, 0.25) is 0 Å². The van der Waals surface area contributed by atoms with Gasteiger partial charge in [0.2, 0.25) is 0 Å². The first-order valence-electron chi connectivity index (χ1n) is 9.79. The fourth-order valence-corrected chi connectivity index (χ4v) is 3.81. The van der Waals surface area contributed by atoms with Crippen LogP contribution < -0.4 is 11.1 Å². The Kier molecular flexibility index (Phi) is 4.24. The number of allylic oxidation sites excluding steroid dienone is 2. The lowest BCUT2D eigenvalue weighted by Crippen LogP contribution is -2.10. The highest BCUT2D eigenvalue weighted by molar-refractivity contribution is 6.05. The number of hydrogen-bond donors (Lipinski definition) is 2. The molecule has 0 aromatic heterocycles. The highest BCUT2D eigenvalue weighted by Crippen LogP contribution is 2.39. The van der Waals surface area contributed by atoms with Gasteiger partial charge in [0.1, 0.15) is 6.61 Å². The van der Waals surface area contributed by atoms with Gasteiger partial charge in [-0.15, -0.1) is 0 Å². The lowest BCUT2D eigenvalue weighted by Gasteiger charge is -2.13. The zero-order valence-electron chi connectivity index (χ0n) is 15.7. The van der Waals surface area contributed by atoms with Gasteiger partial charge in [-0.3, -0.25) is 0 Å². The predicted octanol–water partition coefficient (Wildman–Crippen LogP) is 5.02. The van der Waals surface area contributed by atoms with Gasteiger partial charge in [0.05, 0.1) is 6.04 Å². The Morgan fingerprint density at radius 1 is 1.04 bits per heavy atom. The molecule has 28 heavy (non-hydrogen) atoms. The monoisotopic (exact) mass is 369 g/mol. The summed E-state index contributed by atoms with van der Waals surface area (Å²) in [5, 5.41) is 6.18. The van der Waals surface area contributed by atoms with Crippen LogP contribution in [0, 0.1) is 0 Å². The molecule has 1 aliphatic heterocycles. The van der Waals surface area contributed by atoms with E-state index in [-0.39, 0.29) is 6.04 Å². The first-order valence-corrected chi connectivity index (χ1v) is 9.79. The van der Waals surface area contributed by atoms with Crippen LogP contribution in [-0.4, -0.2) is 18.7 Å². The molecule has 1 aliphatic carbocycles. The molecule has 0 unspecified atom stereocenters. The fourth-order valence-electron chi connectivity index (χ4n) is 3.81. The third-order valence-corrected chi connectivity index (χ3v) is 5.39. The van der Waals surface area contributed by atoms with Gasteiger partial charge < -0.3 is 15.8 Å². The number of amidine groups is 1. The summed E-state index contributed by atoms with van der Waals surface area (Å²) in [6, 6.07) is 22.2. The Balaban J connectivity index is 1.33. The van der Waals surface area contributed by atoms with Crippen molar-refractivity contribution in [1.29, 1.82) is 0 Å². The summed E-state index contributed by atoms with van der Waals surface area (Å²) in [6.45, 7) is 0.603. The number of benzene rings is 3. The average Bonchev–Trinajstić information content (AvgIpc) is 3.49. The predicted molar refractivity (Wildman–Crippen MR) is 116 cm³/mol. The van der Waals surface area contributed by atoms with Gasteiger partial charge in [-0.25, -0.2) is 4.99 Å². The second-order valence-electron chi connectivity index (χ2n) is 7.44. The van der Waals surface area contributed by atoms with Gasteiger partial charge in [-0.05, 0) is 59.5 Å². The highest BCUT2D eigenvalue weighted by Gasteiger charge is 2.17. The maximum Gasteiger partial charge on any atom is 0.282 e. The molecular weight excluding hydrogens is 346 g/mol. The summed E-state index contributed by atoms with van der Waals surface area (Å²) < 4.78 is 5.22. The van der Waals surface area contributed by atoms with Gasteiger partial charge in [-0.1, -0.05) is 48.5 Å². The molecule has 140 valence electrons. The van der Waals surface area contributed by atoms with Gasteiger partial charge in [0.25, 0.3) is 6.02 Å². The number of nitrogens with zero attached hydrogens (tertiary/aromatic N) is 1. The Morgan fingerprint density at radius 3 is 2.54 bits per heavy atom. The van der Waals surface area contributed by atoms with Gasteiger partial charge in [0.15, 0.2) is 0 Å². The molecular formula is C24H23N3O. The van der Waals surface area contributed by atoms with Crippen molar-refractivity contribution in [2.45, 2.75) is 25.3 Å². The molecule has 0 spiro atoms. The van der Waals surface area contributed by atoms with Crippen molar-refractivity contribution in [3.63, 3.8) is 0 Å². The van der Waals surface area contributed by atoms with Crippen molar-refractivity contribution in [3.05, 3.63) is 77.9 Å². The maximum atomic E-state index is 5.58. The van der Waals surface area contributed by atoms with Crippen LogP contribution in [0.1, 0.15) is 24.0 Å². The topological polar surface area (TPSA) is 59.6 Å². The molecule has 2 aliphatic rings. The molecule has 1 atom stereocenters. The number of anilines is 2. The normalized spacial score (nSPS) is 17.8. The first kappa shape index (κ1) is 16.9. The van der Waals surface area contributed by atoms with Crippen LogP contribution in [0.25, 0.3) is 16.3 Å². The van der Waals surface area contributed by atoms with E-state index < -0.39 is 0 Å². The quantitative estimate of drug-likeness (QED) is 0.642. The summed E-state index contributed by atoms with van der Waals surface area (Å²) in [4.78, 5) is 4.29. The number of ether oxygens (including phenoxy) is 1. The van der Waals surface area contributed by atoms with Crippen molar-refractivity contribution >= 4 is 33.7 Å². The van der Waals surface area contributed by atoms with Crippen LogP contribution in [0.3, 0.4) is 0 Å². The molecule has 5 rings (SSSR count). The lowest BCUT2D eigenvalue weighted by atomic mass is 10.0. The zero-order valence-corrected chi connectivity index (χ0v) is 15.7. The van der Waals surface area contributed by atoms with E-state index in [1.54, 1.807) is 0 Å². The Labute approximate surface area is 164 Å². The number of nitrogens with one attached hydrogen (secondary N) is 1. The molecule has 0 saturated carbocycles. The SMILES string of the molecule is NC1=N[C@@H](CCc2ccc(Nc3cccc4cccc(C5=CC5)c34)cc2)CO1. The largest absolute Gasteiger partial charge is 0.463 e. The molecule has 0 saturated heterocycles. The van der Waals surface area contributed by atoms with E-state index in [2.05, 4.69) is 77.0 Å². The van der Waals surface area contributed by atoms with E-state index in [4.69, 9.17) is 10.5 Å². The van der Waals surface area contributed by atoms with Crippen LogP contribution in [-0.2, 0) is 11.2 Å². The summed E-state index contributed by atoms with van der Waals surface area (Å²) in [5.41, 5.74) is 11.9. The van der Waals surface area contributed by atoms with E-state index in [0.29, 0.717) is 12.6 Å². The number of aliphatic imine (C=N–C) groups is 1. The van der Waals surface area contributed by atoms with Crippen molar-refractivity contribution in [3.8, 4) is 0 Å². The lowest BCUT2D eigenvalue weighted by molar-refractivity contribution is 0.308. The molecule has 0 amide bonds. The standard InChI is InChI=1S/C24H23N3O/c25-24-27-20(15-28-24)14-9-16-7-12-19(13-8-16)26-22-6-2-4-18-3-1-5-21(23(18)22)17-10-11-17/h1-8,10,12-13,20,26H,9,11,14-15H2,(H2,25,27)/t20-/m0/s1. The van der Waals surface area contributed by atoms with Gasteiger partial charge in [0, 0.05) is 16.8 Å². The minimum absolute atomic E-state index is 0.184. The molecule has 3 aromatic carbocycles. The minimum Gasteiger partial charge on any atom is -0.463 e. The molecule has 3 aromatic rings. The van der Waals surface area contributed by atoms with E-state index in [9.17, 15) is 0 Å². The van der Waals surface area contributed by atoms with Crippen molar-refractivity contribution in [2.24, 2.45) is 10.7 Å². The second kappa shape index (κ2) is 7.04. The van der Waals surface area contributed by atoms with E-state index in [0.717, 1.165) is 30.6 Å². The molecule has 4 heteroatoms. The molecule has 0 fully saturated rings. The van der Waals surface area contributed by atoms with E-state index >= 15 is 0 Å². The third kappa shape index (κ3) is 3.46. The van der Waals surface area contributed by atoms with Crippen molar-refractivity contribution in [2.75, 3.05) is 11.9 Å². The number of fused-ring (bicyclic) bond motifs is 1. The van der Waals surface area contributed by atoms with Crippen LogP contribution >= 0.6 is 0 Å². The van der Waals surface area contributed by atoms with E-state index in [1.165, 1.54) is 27.5 Å². The summed E-state index contributed by atoms with van der Waals surface area (Å²) in [7, 11) is 0. The maximum absolute atomic E-state index is 5.58. The Bertz CT molecular complexity index is 1080. The molecule has 3 N–H and O–H groups in total. The van der Waals surface area contributed by atoms with Gasteiger partial charge >= 0.3 is 0 Å². The van der Waals surface area contributed by atoms with Crippen LogP contribution in [0.5, 0.6) is 0 Å². The number of aryl methyl sites for hydroxylation is 1. The number of nitrogens with two attached hydrogens (primary N) is 1. The number of rotatable bonds is 6. The van der Waals surface area contributed by atoms with Crippen LogP contribution in [0.4, 0.5) is 11.4 Å². The second-order valence-corrected chi connectivity index (χ2v) is 7.44. The average molecular weight is 369 g/mol. The molecule has 1 heterocycles. The molecule has 0 bridgehead atoms. The first-order chi connectivity index (χ1) is 13.8. The van der Waals surface area contributed by atoms with Crippen LogP contribution in [0.15, 0.2) is 71.7 Å².